The lowest BCUT2D eigenvalue weighted by Crippen LogP contribution is -2.05. The van der Waals surface area contributed by atoms with Crippen molar-refractivity contribution in [2.75, 3.05) is 7.05 Å². The molecule has 0 saturated carbocycles. The lowest BCUT2D eigenvalue weighted by Gasteiger charge is -2.01. The highest BCUT2D eigenvalue weighted by molar-refractivity contribution is 7.99. The maximum atomic E-state index is 5.76. The van der Waals surface area contributed by atoms with Crippen molar-refractivity contribution >= 4 is 23.4 Å². The number of hydrogen-bond donors (Lipinski definition) is 1. The highest BCUT2D eigenvalue weighted by Gasteiger charge is 2.02. The van der Waals surface area contributed by atoms with Gasteiger partial charge in [-0.3, -0.25) is 0 Å². The Morgan fingerprint density at radius 1 is 1.18 bits per heavy atom. The smallest absolute Gasteiger partial charge is 0.193 e. The van der Waals surface area contributed by atoms with Gasteiger partial charge in [0.1, 0.15) is 5.03 Å². The molecule has 0 aliphatic rings. The van der Waals surface area contributed by atoms with Crippen LogP contribution in [0, 0.1) is 0 Å². The van der Waals surface area contributed by atoms with Crippen molar-refractivity contribution in [3.05, 3.63) is 41.3 Å². The number of pyridine rings is 1. The van der Waals surface area contributed by atoms with Crippen LogP contribution in [-0.2, 0) is 6.54 Å². The zero-order chi connectivity index (χ0) is 12.1. The van der Waals surface area contributed by atoms with Gasteiger partial charge in [0.05, 0.1) is 5.02 Å². The number of aromatic nitrogens is 3. The van der Waals surface area contributed by atoms with Crippen LogP contribution < -0.4 is 5.32 Å². The minimum Gasteiger partial charge on any atom is -0.316 e. The molecule has 0 bridgehead atoms. The van der Waals surface area contributed by atoms with Gasteiger partial charge in [-0.25, -0.2) is 15.0 Å². The van der Waals surface area contributed by atoms with E-state index in [9.17, 15) is 0 Å². The largest absolute Gasteiger partial charge is 0.316 e. The Kier molecular flexibility index (Phi) is 4.30. The summed E-state index contributed by atoms with van der Waals surface area (Å²) in [5.74, 6) is 0. The minimum absolute atomic E-state index is 0.625. The van der Waals surface area contributed by atoms with E-state index in [1.165, 1.54) is 11.8 Å². The molecule has 17 heavy (non-hydrogen) atoms. The van der Waals surface area contributed by atoms with Crippen molar-refractivity contribution < 1.29 is 0 Å². The Labute approximate surface area is 109 Å². The number of hydrogen-bond acceptors (Lipinski definition) is 5. The zero-order valence-corrected chi connectivity index (χ0v) is 10.8. The molecule has 0 aliphatic heterocycles. The van der Waals surface area contributed by atoms with E-state index < -0.39 is 0 Å². The Hall–Kier alpha value is -1.17. The van der Waals surface area contributed by atoms with Crippen LogP contribution in [0.25, 0.3) is 0 Å². The molecule has 6 heteroatoms. The number of rotatable bonds is 4. The molecule has 2 rings (SSSR count). The molecular formula is C11H11ClN4S. The van der Waals surface area contributed by atoms with Crippen molar-refractivity contribution in [2.45, 2.75) is 16.7 Å². The first kappa shape index (κ1) is 12.3. The van der Waals surface area contributed by atoms with E-state index in [-0.39, 0.29) is 0 Å². The normalized spacial score (nSPS) is 10.5. The maximum absolute atomic E-state index is 5.76. The van der Waals surface area contributed by atoms with Gasteiger partial charge in [-0.2, -0.15) is 0 Å². The quantitative estimate of drug-likeness (QED) is 0.861. The first-order chi connectivity index (χ1) is 8.28. The first-order valence-corrected chi connectivity index (χ1v) is 6.22. The molecule has 2 aromatic heterocycles. The average Bonchev–Trinajstić information content (AvgIpc) is 2.35. The summed E-state index contributed by atoms with van der Waals surface area (Å²) in [5.41, 5.74) is 1.06. The molecule has 0 spiro atoms. The summed E-state index contributed by atoms with van der Waals surface area (Å²) in [6.07, 6.45) is 5.22. The van der Waals surface area contributed by atoms with Crippen molar-refractivity contribution in [1.29, 1.82) is 0 Å². The summed E-state index contributed by atoms with van der Waals surface area (Å²) in [5, 5.41) is 5.18. The Balaban J connectivity index is 2.05. The molecule has 0 aliphatic carbocycles. The third-order valence-electron chi connectivity index (χ3n) is 1.96. The van der Waals surface area contributed by atoms with Gasteiger partial charge in [0.25, 0.3) is 0 Å². The Bertz CT molecular complexity index is 472. The van der Waals surface area contributed by atoms with Gasteiger partial charge in [-0.15, -0.1) is 0 Å². The Morgan fingerprint density at radius 3 is 2.53 bits per heavy atom. The van der Waals surface area contributed by atoms with Crippen molar-refractivity contribution in [3.63, 3.8) is 0 Å². The Morgan fingerprint density at radius 2 is 1.94 bits per heavy atom. The standard InChI is InChI=1S/C11H11ClN4S/c1-13-4-8-5-15-11(16-6-8)17-10-3-2-9(12)7-14-10/h2-3,5-7,13H,4H2,1H3. The molecule has 2 aromatic rings. The van der Waals surface area contributed by atoms with E-state index in [2.05, 4.69) is 20.3 Å². The van der Waals surface area contributed by atoms with Crippen molar-refractivity contribution in [1.82, 2.24) is 20.3 Å². The van der Waals surface area contributed by atoms with Crippen LogP contribution in [0.1, 0.15) is 5.56 Å². The van der Waals surface area contributed by atoms with E-state index in [4.69, 9.17) is 11.6 Å². The van der Waals surface area contributed by atoms with Crippen LogP contribution in [-0.4, -0.2) is 22.0 Å². The van der Waals surface area contributed by atoms with Crippen LogP contribution in [0.5, 0.6) is 0 Å². The summed E-state index contributed by atoms with van der Waals surface area (Å²) < 4.78 is 0. The van der Waals surface area contributed by atoms with Crippen molar-refractivity contribution in [2.24, 2.45) is 0 Å². The molecule has 0 unspecified atom stereocenters. The zero-order valence-electron chi connectivity index (χ0n) is 9.22. The molecule has 0 saturated heterocycles. The summed E-state index contributed by atoms with van der Waals surface area (Å²) in [6.45, 7) is 0.768. The van der Waals surface area contributed by atoms with Crippen LogP contribution in [0.4, 0.5) is 0 Å². The second kappa shape index (κ2) is 5.95. The van der Waals surface area contributed by atoms with E-state index >= 15 is 0 Å². The van der Waals surface area contributed by atoms with Gasteiger partial charge < -0.3 is 5.32 Å². The lowest BCUT2D eigenvalue weighted by molar-refractivity contribution is 0.793. The highest BCUT2D eigenvalue weighted by Crippen LogP contribution is 2.22. The highest BCUT2D eigenvalue weighted by atomic mass is 35.5. The van der Waals surface area contributed by atoms with Crippen LogP contribution in [0.2, 0.25) is 5.02 Å². The third kappa shape index (κ3) is 3.66. The molecule has 0 aromatic carbocycles. The molecule has 0 atom stereocenters. The van der Waals surface area contributed by atoms with Gasteiger partial charge >= 0.3 is 0 Å². The summed E-state index contributed by atoms with van der Waals surface area (Å²) in [7, 11) is 1.89. The van der Waals surface area contributed by atoms with Crippen LogP contribution in [0.3, 0.4) is 0 Å². The molecule has 4 nitrogen and oxygen atoms in total. The fourth-order valence-electron chi connectivity index (χ4n) is 1.21. The van der Waals surface area contributed by atoms with E-state index in [0.717, 1.165) is 17.1 Å². The number of nitrogens with one attached hydrogen (secondary N) is 1. The fraction of sp³-hybridized carbons (Fsp3) is 0.182. The van der Waals surface area contributed by atoms with Gasteiger partial charge in [-0.1, -0.05) is 11.6 Å². The van der Waals surface area contributed by atoms with Crippen LogP contribution >= 0.6 is 23.4 Å². The molecule has 1 N–H and O–H groups in total. The second-order valence-corrected chi connectivity index (χ2v) is 4.74. The molecule has 0 fully saturated rings. The summed E-state index contributed by atoms with van der Waals surface area (Å²) in [6, 6.07) is 3.64. The SMILES string of the molecule is CNCc1cnc(Sc2ccc(Cl)cn2)nc1. The molecule has 2 heterocycles. The average molecular weight is 267 g/mol. The first-order valence-electron chi connectivity index (χ1n) is 5.03. The lowest BCUT2D eigenvalue weighted by atomic mass is 10.3. The number of halogens is 1. The van der Waals surface area contributed by atoms with Gasteiger partial charge in [0.2, 0.25) is 0 Å². The maximum Gasteiger partial charge on any atom is 0.193 e. The topological polar surface area (TPSA) is 50.7 Å². The third-order valence-corrected chi connectivity index (χ3v) is 3.03. The predicted molar refractivity (Wildman–Crippen MR) is 68.2 cm³/mol. The van der Waals surface area contributed by atoms with Crippen LogP contribution in [0.15, 0.2) is 40.9 Å². The van der Waals surface area contributed by atoms with E-state index in [1.54, 1.807) is 12.3 Å². The monoisotopic (exact) mass is 266 g/mol. The minimum atomic E-state index is 0.625. The van der Waals surface area contributed by atoms with Gasteiger partial charge in [0, 0.05) is 30.7 Å². The van der Waals surface area contributed by atoms with E-state index in [1.807, 2.05) is 25.5 Å². The molecular weight excluding hydrogens is 256 g/mol. The summed E-state index contributed by atoms with van der Waals surface area (Å²) >= 11 is 7.17. The van der Waals surface area contributed by atoms with Gasteiger partial charge in [0.15, 0.2) is 5.16 Å². The summed E-state index contributed by atoms with van der Waals surface area (Å²) in [4.78, 5) is 12.7. The van der Waals surface area contributed by atoms with Crippen molar-refractivity contribution in [3.8, 4) is 0 Å². The number of nitrogens with zero attached hydrogens (tertiary/aromatic N) is 3. The predicted octanol–water partition coefficient (Wildman–Crippen LogP) is 2.40. The van der Waals surface area contributed by atoms with Gasteiger partial charge in [-0.05, 0) is 30.9 Å². The molecule has 0 radical (unpaired) electrons. The molecule has 88 valence electrons. The molecule has 0 amide bonds. The fourth-order valence-corrected chi connectivity index (χ4v) is 1.96. The second-order valence-electron chi connectivity index (χ2n) is 3.32. The van der Waals surface area contributed by atoms with E-state index in [0.29, 0.717) is 10.2 Å².